The van der Waals surface area contributed by atoms with E-state index in [1.165, 1.54) is 0 Å². The van der Waals surface area contributed by atoms with Crippen LogP contribution in [0, 0.1) is 5.92 Å². The van der Waals surface area contributed by atoms with Crippen molar-refractivity contribution in [2.24, 2.45) is 17.4 Å². The van der Waals surface area contributed by atoms with Gasteiger partial charge in [0.1, 0.15) is 0 Å². The molecule has 0 aromatic carbocycles. The lowest BCUT2D eigenvalue weighted by atomic mass is 10.1. The number of hydrogen-bond donors (Lipinski definition) is 2. The second-order valence-corrected chi connectivity index (χ2v) is 4.36. The van der Waals surface area contributed by atoms with Gasteiger partial charge in [0.05, 0.1) is 11.8 Å². The van der Waals surface area contributed by atoms with Gasteiger partial charge in [-0.25, -0.2) is 0 Å². The summed E-state index contributed by atoms with van der Waals surface area (Å²) in [6.45, 7) is 3.93. The molecule has 1 heterocycles. The fourth-order valence-corrected chi connectivity index (χ4v) is 1.34. The Labute approximate surface area is 91.8 Å². The van der Waals surface area contributed by atoms with Gasteiger partial charge in [0.2, 0.25) is 11.8 Å². The average Bonchev–Trinajstić information content (AvgIpc) is 2.61. The maximum Gasteiger partial charge on any atom is 0.277 e. The van der Waals surface area contributed by atoms with Crippen LogP contribution in [0.15, 0.2) is 9.64 Å². The molecule has 84 valence electrons. The Balaban J connectivity index is 2.60. The van der Waals surface area contributed by atoms with E-state index in [0.717, 1.165) is 11.8 Å². The number of nitrogens with zero attached hydrogens (tertiary/aromatic N) is 2. The molecule has 0 aliphatic heterocycles. The Morgan fingerprint density at radius 3 is 2.73 bits per heavy atom. The lowest BCUT2D eigenvalue weighted by Gasteiger charge is -2.09. The molecule has 7 heteroatoms. The van der Waals surface area contributed by atoms with E-state index in [1.807, 2.05) is 13.8 Å². The van der Waals surface area contributed by atoms with Gasteiger partial charge in [-0.3, -0.25) is 4.79 Å². The summed E-state index contributed by atoms with van der Waals surface area (Å²) in [5, 5.41) is 7.87. The molecule has 0 radical (unpaired) electrons. The Kier molecular flexibility index (Phi) is 4.10. The molecule has 0 saturated heterocycles. The molecule has 15 heavy (non-hydrogen) atoms. The van der Waals surface area contributed by atoms with Crippen LogP contribution in [-0.4, -0.2) is 21.9 Å². The standard InChI is InChI=1S/C8H14N4O2S/c1-4(2)6(10)7-11-12-8(14-7)15-3-5(9)13/h4,6H,3,10H2,1-2H3,(H2,9,13)/t6-/m0/s1. The van der Waals surface area contributed by atoms with Crippen LogP contribution in [0.3, 0.4) is 0 Å². The van der Waals surface area contributed by atoms with Gasteiger partial charge in [-0.1, -0.05) is 25.6 Å². The summed E-state index contributed by atoms with van der Waals surface area (Å²) < 4.78 is 5.27. The van der Waals surface area contributed by atoms with Crippen molar-refractivity contribution >= 4 is 17.7 Å². The van der Waals surface area contributed by atoms with Crippen LogP contribution >= 0.6 is 11.8 Å². The Morgan fingerprint density at radius 2 is 2.20 bits per heavy atom. The maximum atomic E-state index is 10.5. The van der Waals surface area contributed by atoms with Crippen molar-refractivity contribution in [2.45, 2.75) is 25.1 Å². The van der Waals surface area contributed by atoms with Gasteiger partial charge in [0.15, 0.2) is 0 Å². The molecule has 1 rings (SSSR count). The molecule has 0 spiro atoms. The van der Waals surface area contributed by atoms with Crippen LogP contribution in [0.25, 0.3) is 0 Å². The highest BCUT2D eigenvalue weighted by Crippen LogP contribution is 2.21. The summed E-state index contributed by atoms with van der Waals surface area (Å²) in [5.74, 6) is 0.308. The van der Waals surface area contributed by atoms with Crippen LogP contribution in [-0.2, 0) is 4.79 Å². The molecule has 1 aromatic rings. The van der Waals surface area contributed by atoms with E-state index >= 15 is 0 Å². The first-order valence-corrected chi connectivity index (χ1v) is 5.49. The van der Waals surface area contributed by atoms with Crippen LogP contribution < -0.4 is 11.5 Å². The Morgan fingerprint density at radius 1 is 1.53 bits per heavy atom. The summed E-state index contributed by atoms with van der Waals surface area (Å²) in [6, 6.07) is -0.277. The molecule has 0 aliphatic carbocycles. The number of carbonyl (C=O) groups is 1. The van der Waals surface area contributed by atoms with Gasteiger partial charge in [0, 0.05) is 0 Å². The second-order valence-electron chi connectivity index (χ2n) is 3.43. The number of primary amides is 1. The molecule has 4 N–H and O–H groups in total. The molecule has 0 bridgehead atoms. The first-order valence-electron chi connectivity index (χ1n) is 4.50. The number of nitrogens with two attached hydrogens (primary N) is 2. The highest BCUT2D eigenvalue weighted by Gasteiger charge is 2.17. The summed E-state index contributed by atoms with van der Waals surface area (Å²) >= 11 is 1.11. The van der Waals surface area contributed by atoms with Gasteiger partial charge in [0.25, 0.3) is 5.22 Å². The van der Waals surface area contributed by atoms with Crippen LogP contribution in [0.5, 0.6) is 0 Å². The molecule has 6 nitrogen and oxygen atoms in total. The van der Waals surface area contributed by atoms with E-state index in [4.69, 9.17) is 15.9 Å². The van der Waals surface area contributed by atoms with Crippen molar-refractivity contribution in [1.29, 1.82) is 0 Å². The largest absolute Gasteiger partial charge is 0.414 e. The molecule has 0 fully saturated rings. The monoisotopic (exact) mass is 230 g/mol. The molecule has 1 atom stereocenters. The van der Waals surface area contributed by atoms with Gasteiger partial charge >= 0.3 is 0 Å². The second kappa shape index (κ2) is 5.13. The fourth-order valence-electron chi connectivity index (χ4n) is 0.831. The van der Waals surface area contributed by atoms with Gasteiger partial charge < -0.3 is 15.9 Å². The number of thioether (sulfide) groups is 1. The number of hydrogen-bond acceptors (Lipinski definition) is 6. The fraction of sp³-hybridized carbons (Fsp3) is 0.625. The van der Waals surface area contributed by atoms with Gasteiger partial charge in [-0.05, 0) is 5.92 Å². The smallest absolute Gasteiger partial charge is 0.277 e. The summed E-state index contributed by atoms with van der Waals surface area (Å²) in [5.41, 5.74) is 10.8. The lowest BCUT2D eigenvalue weighted by Crippen LogP contribution is -2.16. The lowest BCUT2D eigenvalue weighted by molar-refractivity contribution is -0.115. The van der Waals surface area contributed by atoms with Crippen molar-refractivity contribution in [2.75, 3.05) is 5.75 Å². The zero-order chi connectivity index (χ0) is 11.4. The number of amides is 1. The molecule has 0 aliphatic rings. The quantitative estimate of drug-likeness (QED) is 0.704. The normalized spacial score (nSPS) is 13.1. The Bertz CT molecular complexity index is 339. The van der Waals surface area contributed by atoms with Crippen molar-refractivity contribution in [1.82, 2.24) is 10.2 Å². The minimum absolute atomic E-state index is 0.124. The zero-order valence-corrected chi connectivity index (χ0v) is 9.45. The third-order valence-corrected chi connectivity index (χ3v) is 2.60. The summed E-state index contributed by atoms with van der Waals surface area (Å²) in [6.07, 6.45) is 0. The van der Waals surface area contributed by atoms with E-state index in [2.05, 4.69) is 10.2 Å². The van der Waals surface area contributed by atoms with Gasteiger partial charge in [-0.2, -0.15) is 0 Å². The van der Waals surface area contributed by atoms with Crippen molar-refractivity contribution in [3.05, 3.63) is 5.89 Å². The average molecular weight is 230 g/mol. The molecule has 0 saturated carbocycles. The SMILES string of the molecule is CC(C)[C@H](N)c1nnc(SCC(N)=O)o1. The molecular formula is C8H14N4O2S. The van der Waals surface area contributed by atoms with E-state index < -0.39 is 5.91 Å². The number of aromatic nitrogens is 2. The minimum Gasteiger partial charge on any atom is -0.414 e. The van der Waals surface area contributed by atoms with Crippen molar-refractivity contribution in [3.8, 4) is 0 Å². The third-order valence-electron chi connectivity index (χ3n) is 1.76. The Hall–Kier alpha value is -1.08. The third kappa shape index (κ3) is 3.52. The zero-order valence-electron chi connectivity index (χ0n) is 8.64. The van der Waals surface area contributed by atoms with E-state index in [1.54, 1.807) is 0 Å². The maximum absolute atomic E-state index is 10.5. The summed E-state index contributed by atoms with van der Waals surface area (Å²) in [4.78, 5) is 10.5. The van der Waals surface area contributed by atoms with Crippen LogP contribution in [0.2, 0.25) is 0 Å². The van der Waals surface area contributed by atoms with Gasteiger partial charge in [-0.15, -0.1) is 10.2 Å². The van der Waals surface area contributed by atoms with Crippen molar-refractivity contribution in [3.63, 3.8) is 0 Å². The summed E-state index contributed by atoms with van der Waals surface area (Å²) in [7, 11) is 0. The highest BCUT2D eigenvalue weighted by atomic mass is 32.2. The van der Waals surface area contributed by atoms with E-state index in [0.29, 0.717) is 11.1 Å². The predicted molar refractivity (Wildman–Crippen MR) is 56.0 cm³/mol. The van der Waals surface area contributed by atoms with Crippen LogP contribution in [0.4, 0.5) is 0 Å². The predicted octanol–water partition coefficient (Wildman–Crippen LogP) is 0.303. The molecule has 0 unspecified atom stereocenters. The van der Waals surface area contributed by atoms with E-state index in [9.17, 15) is 4.79 Å². The minimum atomic E-state index is -0.423. The molecule has 1 amide bonds. The van der Waals surface area contributed by atoms with Crippen LogP contribution in [0.1, 0.15) is 25.8 Å². The molecule has 1 aromatic heterocycles. The topological polar surface area (TPSA) is 108 Å². The van der Waals surface area contributed by atoms with Crippen molar-refractivity contribution < 1.29 is 9.21 Å². The number of carbonyl (C=O) groups excluding carboxylic acids is 1. The number of rotatable bonds is 5. The first kappa shape index (κ1) is 12.0. The molecular weight excluding hydrogens is 216 g/mol. The first-order chi connectivity index (χ1) is 7.00. The highest BCUT2D eigenvalue weighted by molar-refractivity contribution is 7.99. The van der Waals surface area contributed by atoms with E-state index in [-0.39, 0.29) is 17.7 Å².